The van der Waals surface area contributed by atoms with Crippen LogP contribution in [0.2, 0.25) is 0 Å². The fraction of sp³-hybridized carbons (Fsp3) is 0.231. The molecule has 0 bridgehead atoms. The number of carbonyl (C=O) groups excluding carboxylic acids is 1. The Morgan fingerprint density at radius 2 is 2.00 bits per heavy atom. The first-order valence-corrected chi connectivity index (χ1v) is 11.4. The predicted octanol–water partition coefficient (Wildman–Crippen LogP) is 5.74. The van der Waals surface area contributed by atoms with Gasteiger partial charge < -0.3 is 14.8 Å². The molecule has 32 heavy (non-hydrogen) atoms. The minimum atomic E-state index is -0.252. The Hall–Kier alpha value is -3.56. The second-order valence-electron chi connectivity index (χ2n) is 7.52. The highest BCUT2D eigenvalue weighted by atomic mass is 32.1. The van der Waals surface area contributed by atoms with Gasteiger partial charge in [0.1, 0.15) is 29.2 Å². The van der Waals surface area contributed by atoms with Crippen LogP contribution >= 0.6 is 11.3 Å². The molecule has 2 aromatic carbocycles. The number of hydrogen-bond acceptors (Lipinski definition) is 5. The Bertz CT molecular complexity index is 1180. The van der Waals surface area contributed by atoms with Crippen LogP contribution in [0.3, 0.4) is 0 Å². The molecule has 1 aromatic heterocycles. The van der Waals surface area contributed by atoms with E-state index in [9.17, 15) is 10.1 Å². The van der Waals surface area contributed by atoms with E-state index in [0.29, 0.717) is 17.2 Å². The number of rotatable bonds is 7. The zero-order chi connectivity index (χ0) is 22.3. The Morgan fingerprint density at radius 3 is 2.78 bits per heavy atom. The third kappa shape index (κ3) is 5.01. The van der Waals surface area contributed by atoms with E-state index in [4.69, 9.17) is 9.47 Å². The van der Waals surface area contributed by atoms with Gasteiger partial charge in [0.15, 0.2) is 0 Å². The average Bonchev–Trinajstić information content (AvgIpc) is 3.18. The lowest BCUT2D eigenvalue weighted by atomic mass is 9.96. The molecule has 0 saturated carbocycles. The smallest absolute Gasteiger partial charge is 0.249 e. The third-order valence-electron chi connectivity index (χ3n) is 5.39. The zero-order valence-electron chi connectivity index (χ0n) is 17.9. The van der Waals surface area contributed by atoms with E-state index in [-0.39, 0.29) is 5.91 Å². The summed E-state index contributed by atoms with van der Waals surface area (Å²) in [5.74, 6) is 1.25. The average molecular weight is 445 g/mol. The first-order valence-electron chi connectivity index (χ1n) is 10.6. The van der Waals surface area contributed by atoms with Crippen LogP contribution in [0.1, 0.15) is 40.0 Å². The van der Waals surface area contributed by atoms with Crippen LogP contribution < -0.4 is 14.8 Å². The Labute approximate surface area is 191 Å². The lowest BCUT2D eigenvalue weighted by Crippen LogP contribution is -2.08. The van der Waals surface area contributed by atoms with E-state index in [1.54, 1.807) is 13.2 Å². The number of methoxy groups -OCH3 is 1. The van der Waals surface area contributed by atoms with E-state index >= 15 is 0 Å². The molecule has 0 spiro atoms. The van der Waals surface area contributed by atoms with Crippen molar-refractivity contribution in [3.05, 3.63) is 81.7 Å². The highest BCUT2D eigenvalue weighted by Gasteiger charge is 2.21. The number of nitriles is 1. The molecule has 0 aliphatic heterocycles. The van der Waals surface area contributed by atoms with E-state index < -0.39 is 0 Å². The van der Waals surface area contributed by atoms with Gasteiger partial charge >= 0.3 is 0 Å². The monoisotopic (exact) mass is 444 g/mol. The van der Waals surface area contributed by atoms with Crippen LogP contribution in [-0.2, 0) is 24.2 Å². The minimum absolute atomic E-state index is 0.252. The van der Waals surface area contributed by atoms with Gasteiger partial charge in [-0.15, -0.1) is 11.3 Å². The van der Waals surface area contributed by atoms with Crippen LogP contribution in [0, 0.1) is 11.3 Å². The predicted molar refractivity (Wildman–Crippen MR) is 127 cm³/mol. The van der Waals surface area contributed by atoms with Crippen LogP contribution in [0.5, 0.6) is 11.5 Å². The van der Waals surface area contributed by atoms with E-state index in [1.807, 2.05) is 48.5 Å². The van der Waals surface area contributed by atoms with Crippen molar-refractivity contribution in [2.45, 2.75) is 32.3 Å². The number of fused-ring (bicyclic) bond motifs is 1. The Morgan fingerprint density at radius 1 is 1.19 bits per heavy atom. The molecule has 4 rings (SSSR count). The number of hydrogen-bond donors (Lipinski definition) is 1. The lowest BCUT2D eigenvalue weighted by Gasteiger charge is -2.11. The van der Waals surface area contributed by atoms with E-state index in [2.05, 4.69) is 11.4 Å². The van der Waals surface area contributed by atoms with Gasteiger partial charge in [0.25, 0.3) is 0 Å². The first-order chi connectivity index (χ1) is 15.7. The summed E-state index contributed by atoms with van der Waals surface area (Å²) in [4.78, 5) is 13.8. The van der Waals surface area contributed by atoms with Crippen molar-refractivity contribution in [3.63, 3.8) is 0 Å². The molecule has 5 nitrogen and oxygen atoms in total. The van der Waals surface area contributed by atoms with Gasteiger partial charge in [-0.25, -0.2) is 0 Å². The van der Waals surface area contributed by atoms with Gasteiger partial charge in [-0.1, -0.05) is 24.3 Å². The minimum Gasteiger partial charge on any atom is -0.496 e. The molecule has 0 fully saturated rings. The molecule has 1 aliphatic carbocycles. The summed E-state index contributed by atoms with van der Waals surface area (Å²) in [5, 5.41) is 13.1. The van der Waals surface area contributed by atoms with Gasteiger partial charge in [0.05, 0.1) is 12.7 Å². The Balaban J connectivity index is 1.45. The van der Waals surface area contributed by atoms with Gasteiger partial charge in [-0.2, -0.15) is 5.26 Å². The summed E-state index contributed by atoms with van der Waals surface area (Å²) in [5.41, 5.74) is 3.48. The van der Waals surface area contributed by atoms with Crippen molar-refractivity contribution in [3.8, 4) is 17.6 Å². The van der Waals surface area contributed by atoms with Crippen molar-refractivity contribution in [2.24, 2.45) is 0 Å². The number of nitrogens with zero attached hydrogens (tertiary/aromatic N) is 1. The standard InChI is InChI=1S/C26H24N2O3S/c1-30-23-13-11-18(15-19(23)17-31-20-7-3-2-4-8-20)12-14-25(29)28-26-22(16-27)21-9-5-6-10-24(21)32-26/h2-4,7-8,11-15H,5-6,9-10,17H2,1H3,(H,28,29)/b14-12+. The van der Waals surface area contributed by atoms with Gasteiger partial charge in [-0.3, -0.25) is 4.79 Å². The van der Waals surface area contributed by atoms with E-state index in [1.165, 1.54) is 22.3 Å². The van der Waals surface area contributed by atoms with Crippen molar-refractivity contribution in [1.29, 1.82) is 5.26 Å². The van der Waals surface area contributed by atoms with Crippen molar-refractivity contribution < 1.29 is 14.3 Å². The fourth-order valence-corrected chi connectivity index (χ4v) is 5.03. The van der Waals surface area contributed by atoms with Crippen molar-refractivity contribution in [1.82, 2.24) is 0 Å². The molecule has 1 N–H and O–H groups in total. The largest absolute Gasteiger partial charge is 0.496 e. The summed E-state index contributed by atoms with van der Waals surface area (Å²) >= 11 is 1.53. The van der Waals surface area contributed by atoms with Gasteiger partial charge in [0, 0.05) is 16.5 Å². The number of nitrogens with one attached hydrogen (secondary N) is 1. The van der Waals surface area contributed by atoms with Crippen LogP contribution in [-0.4, -0.2) is 13.0 Å². The number of anilines is 1. The van der Waals surface area contributed by atoms with Crippen molar-refractivity contribution in [2.75, 3.05) is 12.4 Å². The number of thiophene rings is 1. The lowest BCUT2D eigenvalue weighted by molar-refractivity contribution is -0.111. The molecular formula is C26H24N2O3S. The summed E-state index contributed by atoms with van der Waals surface area (Å²) in [6.07, 6.45) is 7.38. The topological polar surface area (TPSA) is 71.3 Å². The maximum Gasteiger partial charge on any atom is 0.249 e. The summed E-state index contributed by atoms with van der Waals surface area (Å²) < 4.78 is 11.3. The molecule has 0 unspecified atom stereocenters. The molecule has 1 heterocycles. The highest BCUT2D eigenvalue weighted by Crippen LogP contribution is 2.37. The second-order valence-corrected chi connectivity index (χ2v) is 8.63. The maximum atomic E-state index is 12.5. The van der Waals surface area contributed by atoms with Gasteiger partial charge in [-0.05, 0) is 67.2 Å². The van der Waals surface area contributed by atoms with Gasteiger partial charge in [0.2, 0.25) is 5.91 Å². The third-order valence-corrected chi connectivity index (χ3v) is 6.60. The molecule has 0 radical (unpaired) electrons. The Kier molecular flexibility index (Phi) is 6.88. The SMILES string of the molecule is COc1ccc(/C=C/C(=O)Nc2sc3c(c2C#N)CCCC3)cc1COc1ccccc1. The molecule has 3 aromatic rings. The molecule has 1 aliphatic rings. The number of benzene rings is 2. The van der Waals surface area contributed by atoms with Crippen LogP contribution in [0.25, 0.3) is 6.08 Å². The number of aryl methyl sites for hydroxylation is 1. The zero-order valence-corrected chi connectivity index (χ0v) is 18.7. The summed E-state index contributed by atoms with van der Waals surface area (Å²) in [7, 11) is 1.62. The summed E-state index contributed by atoms with van der Waals surface area (Å²) in [6.45, 7) is 0.355. The molecule has 0 atom stereocenters. The quantitative estimate of drug-likeness (QED) is 0.472. The van der Waals surface area contributed by atoms with Crippen LogP contribution in [0.15, 0.2) is 54.6 Å². The number of para-hydroxylation sites is 1. The molecule has 1 amide bonds. The number of ether oxygens (including phenoxy) is 2. The first kappa shape index (κ1) is 21.7. The summed E-state index contributed by atoms with van der Waals surface area (Å²) in [6, 6.07) is 17.6. The molecule has 0 saturated heterocycles. The normalized spacial score (nSPS) is 12.8. The second kappa shape index (κ2) is 10.2. The van der Waals surface area contributed by atoms with Crippen LogP contribution in [0.4, 0.5) is 5.00 Å². The number of amides is 1. The highest BCUT2D eigenvalue weighted by molar-refractivity contribution is 7.16. The molecule has 6 heteroatoms. The number of carbonyl (C=O) groups is 1. The van der Waals surface area contributed by atoms with Crippen molar-refractivity contribution >= 4 is 28.3 Å². The molecular weight excluding hydrogens is 420 g/mol. The maximum absolute atomic E-state index is 12.5. The van der Waals surface area contributed by atoms with E-state index in [0.717, 1.165) is 53.9 Å². The molecule has 162 valence electrons. The fourth-order valence-electron chi connectivity index (χ4n) is 3.79.